The number of nitrogens with zero attached hydrogens (tertiary/aromatic N) is 2. The van der Waals surface area contributed by atoms with Crippen LogP contribution in [0.25, 0.3) is 0 Å². The van der Waals surface area contributed by atoms with Gasteiger partial charge in [-0.25, -0.2) is 0 Å². The molecule has 0 unspecified atom stereocenters. The van der Waals surface area contributed by atoms with Gasteiger partial charge in [-0.05, 0) is 0 Å². The molecule has 12 heavy (non-hydrogen) atoms. The van der Waals surface area contributed by atoms with E-state index in [0.29, 0.717) is 5.96 Å². The number of rotatable bonds is 0. The maximum Gasteiger partial charge on any atom is 0.192 e. The van der Waals surface area contributed by atoms with Crippen molar-refractivity contribution in [1.29, 1.82) is 10.8 Å². The van der Waals surface area contributed by atoms with Crippen LogP contribution < -0.4 is 11.5 Å². The third kappa shape index (κ3) is 11.4. The Bertz CT molecular complexity index is 136. The number of nitrogens with one attached hydrogen (secondary N) is 2. The highest BCUT2D eigenvalue weighted by Gasteiger charge is 1.97. The van der Waals surface area contributed by atoms with Crippen LogP contribution in [0.15, 0.2) is 0 Å². The zero-order valence-electron chi connectivity index (χ0n) is 8.05. The topological polar surface area (TPSA) is 106 Å². The highest BCUT2D eigenvalue weighted by Crippen LogP contribution is 1.80. The van der Waals surface area contributed by atoms with E-state index in [1.807, 2.05) is 28.2 Å². The van der Waals surface area contributed by atoms with Crippen molar-refractivity contribution < 1.29 is 0 Å². The number of hydrogen-bond donors (Lipinski definition) is 4. The van der Waals surface area contributed by atoms with E-state index in [0.717, 1.165) is 0 Å². The third-order valence-corrected chi connectivity index (χ3v) is 0.847. The smallest absolute Gasteiger partial charge is 0.192 e. The Morgan fingerprint density at radius 3 is 1.08 bits per heavy atom. The molecule has 0 spiro atoms. The number of nitrogens with two attached hydrogens (primary N) is 2. The largest absolute Gasteiger partial charge is 0.370 e. The first-order valence-electron chi connectivity index (χ1n) is 3.31. The highest BCUT2D eigenvalue weighted by molar-refractivity contribution is 5.75. The molecule has 72 valence electrons. The Morgan fingerprint density at radius 1 is 0.917 bits per heavy atom. The van der Waals surface area contributed by atoms with Gasteiger partial charge in [-0.1, -0.05) is 0 Å². The molecule has 6 nitrogen and oxygen atoms in total. The maximum absolute atomic E-state index is 7.25. The molecule has 0 amide bonds. The lowest BCUT2D eigenvalue weighted by Crippen LogP contribution is -2.34. The van der Waals surface area contributed by atoms with E-state index in [4.69, 9.17) is 10.8 Å². The second kappa shape index (κ2) is 6.26. The molecule has 0 aromatic rings. The summed E-state index contributed by atoms with van der Waals surface area (Å²) in [5, 5.41) is 13.3. The fourth-order valence-electron chi connectivity index (χ4n) is 0.400. The summed E-state index contributed by atoms with van der Waals surface area (Å²) in [7, 11) is 7.40. The lowest BCUT2D eigenvalue weighted by Gasteiger charge is -2.19. The average Bonchev–Trinajstić information content (AvgIpc) is 1.84. The maximum atomic E-state index is 7.25. The molecule has 0 aliphatic heterocycles. The summed E-state index contributed by atoms with van der Waals surface area (Å²) in [4.78, 5) is 3.50. The zero-order chi connectivity index (χ0) is 10.3. The van der Waals surface area contributed by atoms with Gasteiger partial charge in [0.1, 0.15) is 0 Å². The fourth-order valence-corrected chi connectivity index (χ4v) is 0.400. The molecule has 0 aliphatic carbocycles. The Morgan fingerprint density at radius 2 is 1.08 bits per heavy atom. The standard InChI is InChI=1S/C5H13N3.CH5N3/c1-7(2)5(6)8(3)4;2-1(3)4/h6H,1-4H3;(H5,2,3,4). The van der Waals surface area contributed by atoms with E-state index in [2.05, 4.69) is 11.5 Å². The first-order chi connectivity index (χ1) is 5.29. The Hall–Kier alpha value is -1.46. The molecule has 0 fully saturated rings. The van der Waals surface area contributed by atoms with Crippen LogP contribution in [0, 0.1) is 10.8 Å². The van der Waals surface area contributed by atoms with Gasteiger partial charge in [0.05, 0.1) is 0 Å². The minimum absolute atomic E-state index is 0.333. The molecule has 0 aromatic carbocycles. The van der Waals surface area contributed by atoms with Crippen LogP contribution in [0.1, 0.15) is 0 Å². The molecule has 0 bridgehead atoms. The SMILES string of the molecule is CN(C)C(=N)N(C)C.N=C(N)N. The van der Waals surface area contributed by atoms with Gasteiger partial charge < -0.3 is 21.3 Å². The Balaban J connectivity index is 0. The molecule has 0 radical (unpaired) electrons. The summed E-state index contributed by atoms with van der Waals surface area (Å²) in [5.41, 5.74) is 8.94. The van der Waals surface area contributed by atoms with E-state index in [9.17, 15) is 0 Å². The summed E-state index contributed by atoms with van der Waals surface area (Å²) in [6, 6.07) is 0. The van der Waals surface area contributed by atoms with E-state index in [-0.39, 0.29) is 5.96 Å². The summed E-state index contributed by atoms with van der Waals surface area (Å²) < 4.78 is 0. The lowest BCUT2D eigenvalue weighted by atomic mass is 10.7. The van der Waals surface area contributed by atoms with Gasteiger partial charge in [0, 0.05) is 28.2 Å². The van der Waals surface area contributed by atoms with Gasteiger partial charge in [0.25, 0.3) is 0 Å². The molecule has 0 aromatic heterocycles. The van der Waals surface area contributed by atoms with Crippen molar-refractivity contribution in [2.75, 3.05) is 28.2 Å². The average molecular weight is 174 g/mol. The van der Waals surface area contributed by atoms with Crippen LogP contribution in [-0.2, 0) is 0 Å². The van der Waals surface area contributed by atoms with Gasteiger partial charge in [0.2, 0.25) is 0 Å². The molecule has 0 saturated carbocycles. The summed E-state index contributed by atoms with van der Waals surface area (Å²) in [5.74, 6) is 0.185. The molecular formula is C6H18N6. The van der Waals surface area contributed by atoms with E-state index >= 15 is 0 Å². The molecule has 0 heterocycles. The van der Waals surface area contributed by atoms with Gasteiger partial charge in [-0.15, -0.1) is 0 Å². The normalized spacial score (nSPS) is 7.67. The van der Waals surface area contributed by atoms with Gasteiger partial charge in [-0.3, -0.25) is 10.8 Å². The van der Waals surface area contributed by atoms with Crippen molar-refractivity contribution in [2.45, 2.75) is 0 Å². The van der Waals surface area contributed by atoms with Gasteiger partial charge in [0.15, 0.2) is 11.9 Å². The Kier molecular flexibility index (Phi) is 6.86. The van der Waals surface area contributed by atoms with E-state index < -0.39 is 0 Å². The molecule has 6 heteroatoms. The second-order valence-corrected chi connectivity index (χ2v) is 2.57. The van der Waals surface area contributed by atoms with Gasteiger partial charge in [-0.2, -0.15) is 0 Å². The summed E-state index contributed by atoms with van der Waals surface area (Å²) >= 11 is 0. The highest BCUT2D eigenvalue weighted by atomic mass is 15.3. The Labute approximate surface area is 73.1 Å². The number of hydrogen-bond acceptors (Lipinski definition) is 2. The molecule has 0 aliphatic rings. The third-order valence-electron chi connectivity index (χ3n) is 0.847. The van der Waals surface area contributed by atoms with Crippen LogP contribution in [-0.4, -0.2) is 49.9 Å². The quantitative estimate of drug-likeness (QED) is 0.276. The van der Waals surface area contributed by atoms with E-state index in [1.165, 1.54) is 0 Å². The van der Waals surface area contributed by atoms with Gasteiger partial charge >= 0.3 is 0 Å². The molecule has 0 saturated heterocycles. The minimum Gasteiger partial charge on any atom is -0.370 e. The van der Waals surface area contributed by atoms with Crippen LogP contribution in [0.3, 0.4) is 0 Å². The van der Waals surface area contributed by atoms with Crippen LogP contribution >= 0.6 is 0 Å². The van der Waals surface area contributed by atoms with Crippen molar-refractivity contribution in [3.05, 3.63) is 0 Å². The second-order valence-electron chi connectivity index (χ2n) is 2.57. The minimum atomic E-state index is -0.333. The molecular weight excluding hydrogens is 156 g/mol. The molecule has 0 atom stereocenters. The fraction of sp³-hybridized carbons (Fsp3) is 0.667. The van der Waals surface area contributed by atoms with Crippen LogP contribution in [0.4, 0.5) is 0 Å². The van der Waals surface area contributed by atoms with Crippen molar-refractivity contribution >= 4 is 11.9 Å². The van der Waals surface area contributed by atoms with Crippen LogP contribution in [0.2, 0.25) is 0 Å². The van der Waals surface area contributed by atoms with Crippen molar-refractivity contribution in [2.24, 2.45) is 11.5 Å². The predicted octanol–water partition coefficient (Wildman–Crippen LogP) is -1.12. The summed E-state index contributed by atoms with van der Waals surface area (Å²) in [6.07, 6.45) is 0. The van der Waals surface area contributed by atoms with E-state index in [1.54, 1.807) is 9.80 Å². The molecule has 6 N–H and O–H groups in total. The first kappa shape index (κ1) is 13.2. The number of guanidine groups is 2. The molecule has 0 rings (SSSR count). The summed E-state index contributed by atoms with van der Waals surface area (Å²) in [6.45, 7) is 0. The lowest BCUT2D eigenvalue weighted by molar-refractivity contribution is 0.478. The van der Waals surface area contributed by atoms with Crippen LogP contribution in [0.5, 0.6) is 0 Å². The zero-order valence-corrected chi connectivity index (χ0v) is 8.05. The predicted molar refractivity (Wildman–Crippen MR) is 51.2 cm³/mol. The van der Waals surface area contributed by atoms with Crippen molar-refractivity contribution in [3.8, 4) is 0 Å². The van der Waals surface area contributed by atoms with Crippen molar-refractivity contribution in [3.63, 3.8) is 0 Å². The first-order valence-corrected chi connectivity index (χ1v) is 3.31. The van der Waals surface area contributed by atoms with Crippen molar-refractivity contribution in [1.82, 2.24) is 9.80 Å². The monoisotopic (exact) mass is 174 g/mol.